The van der Waals surface area contributed by atoms with Gasteiger partial charge in [0.15, 0.2) is 0 Å². The first kappa shape index (κ1) is 16.0. The maximum Gasteiger partial charge on any atom is 0.227 e. The number of likely N-dealkylation sites (tertiary alicyclic amines) is 1. The molecule has 5 nitrogen and oxygen atoms in total. The molecular formula is C18H25N3O2. The van der Waals surface area contributed by atoms with E-state index in [-0.39, 0.29) is 17.7 Å². The van der Waals surface area contributed by atoms with Crippen LogP contribution < -0.4 is 10.2 Å². The summed E-state index contributed by atoms with van der Waals surface area (Å²) < 4.78 is 0. The van der Waals surface area contributed by atoms with Crippen molar-refractivity contribution in [2.24, 2.45) is 5.92 Å². The van der Waals surface area contributed by atoms with E-state index in [4.69, 9.17) is 0 Å². The van der Waals surface area contributed by atoms with E-state index in [1.807, 2.05) is 30.3 Å². The largest absolute Gasteiger partial charge is 0.354 e. The Morgan fingerprint density at radius 2 is 1.96 bits per heavy atom. The lowest BCUT2D eigenvalue weighted by atomic mass is 10.1. The summed E-state index contributed by atoms with van der Waals surface area (Å²) in [5.74, 6) is -0.208. The molecule has 2 amide bonds. The molecule has 2 saturated heterocycles. The van der Waals surface area contributed by atoms with E-state index >= 15 is 0 Å². The van der Waals surface area contributed by atoms with Crippen LogP contribution in [0.5, 0.6) is 0 Å². The van der Waals surface area contributed by atoms with Crippen LogP contribution in [0.1, 0.15) is 26.2 Å². The number of nitrogens with one attached hydrogen (secondary N) is 1. The van der Waals surface area contributed by atoms with E-state index < -0.39 is 0 Å². The Morgan fingerprint density at radius 3 is 2.65 bits per heavy atom. The van der Waals surface area contributed by atoms with Crippen molar-refractivity contribution in [1.82, 2.24) is 10.2 Å². The van der Waals surface area contributed by atoms with Crippen LogP contribution in [0.2, 0.25) is 0 Å². The fourth-order valence-electron chi connectivity index (χ4n) is 3.44. The minimum Gasteiger partial charge on any atom is -0.354 e. The SMILES string of the molecule is CC(CNC(=O)C1CC(=O)N(c2ccccc2)C1)N1CCCC1. The zero-order valence-corrected chi connectivity index (χ0v) is 13.7. The minimum absolute atomic E-state index is 0.00262. The molecule has 2 unspecified atom stereocenters. The third-order valence-corrected chi connectivity index (χ3v) is 4.90. The predicted molar refractivity (Wildman–Crippen MR) is 90.2 cm³/mol. The number of carbonyl (C=O) groups is 2. The average molecular weight is 315 g/mol. The van der Waals surface area contributed by atoms with Gasteiger partial charge in [0.1, 0.15) is 0 Å². The highest BCUT2D eigenvalue weighted by molar-refractivity contribution is 6.00. The van der Waals surface area contributed by atoms with Gasteiger partial charge in [0.05, 0.1) is 5.92 Å². The molecule has 0 aromatic heterocycles. The first-order chi connectivity index (χ1) is 11.1. The number of benzene rings is 1. The second-order valence-electron chi connectivity index (χ2n) is 6.58. The molecule has 1 N–H and O–H groups in total. The summed E-state index contributed by atoms with van der Waals surface area (Å²) in [7, 11) is 0. The Balaban J connectivity index is 1.51. The molecule has 2 atom stereocenters. The van der Waals surface area contributed by atoms with Crippen LogP contribution in [0.4, 0.5) is 5.69 Å². The van der Waals surface area contributed by atoms with Crippen molar-refractivity contribution in [3.63, 3.8) is 0 Å². The molecule has 124 valence electrons. The zero-order valence-electron chi connectivity index (χ0n) is 13.7. The first-order valence-electron chi connectivity index (χ1n) is 8.52. The van der Waals surface area contributed by atoms with E-state index in [0.717, 1.165) is 18.8 Å². The highest BCUT2D eigenvalue weighted by atomic mass is 16.2. The summed E-state index contributed by atoms with van der Waals surface area (Å²) in [5.41, 5.74) is 0.873. The van der Waals surface area contributed by atoms with E-state index in [0.29, 0.717) is 25.6 Å². The molecule has 2 aliphatic heterocycles. The monoisotopic (exact) mass is 315 g/mol. The highest BCUT2D eigenvalue weighted by Crippen LogP contribution is 2.24. The van der Waals surface area contributed by atoms with Crippen LogP contribution in [-0.2, 0) is 9.59 Å². The van der Waals surface area contributed by atoms with Crippen molar-refractivity contribution in [3.05, 3.63) is 30.3 Å². The van der Waals surface area contributed by atoms with Crippen LogP contribution in [0.25, 0.3) is 0 Å². The smallest absolute Gasteiger partial charge is 0.227 e. The van der Waals surface area contributed by atoms with Gasteiger partial charge in [0.2, 0.25) is 11.8 Å². The van der Waals surface area contributed by atoms with Crippen LogP contribution in [0, 0.1) is 5.92 Å². The lowest BCUT2D eigenvalue weighted by molar-refractivity contribution is -0.126. The molecule has 2 heterocycles. The van der Waals surface area contributed by atoms with Crippen molar-refractivity contribution in [1.29, 1.82) is 0 Å². The van der Waals surface area contributed by atoms with Gasteiger partial charge in [0.25, 0.3) is 0 Å². The van der Waals surface area contributed by atoms with Gasteiger partial charge in [-0.3, -0.25) is 14.5 Å². The van der Waals surface area contributed by atoms with E-state index in [1.165, 1.54) is 12.8 Å². The van der Waals surface area contributed by atoms with Gasteiger partial charge in [-0.25, -0.2) is 0 Å². The molecule has 0 bridgehead atoms. The number of carbonyl (C=O) groups excluding carboxylic acids is 2. The van der Waals surface area contributed by atoms with Gasteiger partial charge in [-0.1, -0.05) is 18.2 Å². The molecule has 0 radical (unpaired) electrons. The number of nitrogens with zero attached hydrogens (tertiary/aromatic N) is 2. The van der Waals surface area contributed by atoms with Crippen LogP contribution in [-0.4, -0.2) is 48.9 Å². The fraction of sp³-hybridized carbons (Fsp3) is 0.556. The normalized spacial score (nSPS) is 23.3. The molecule has 2 fully saturated rings. The van der Waals surface area contributed by atoms with Gasteiger partial charge in [-0.15, -0.1) is 0 Å². The predicted octanol–water partition coefficient (Wildman–Crippen LogP) is 1.64. The summed E-state index contributed by atoms with van der Waals surface area (Å²) >= 11 is 0. The van der Waals surface area contributed by atoms with Gasteiger partial charge in [-0.05, 0) is 45.0 Å². The number of hydrogen-bond acceptors (Lipinski definition) is 3. The zero-order chi connectivity index (χ0) is 16.2. The van der Waals surface area contributed by atoms with Gasteiger partial charge in [-0.2, -0.15) is 0 Å². The number of rotatable bonds is 5. The molecule has 0 aliphatic carbocycles. The van der Waals surface area contributed by atoms with Crippen molar-refractivity contribution < 1.29 is 9.59 Å². The molecule has 23 heavy (non-hydrogen) atoms. The highest BCUT2D eigenvalue weighted by Gasteiger charge is 2.35. The Bertz CT molecular complexity index is 555. The maximum atomic E-state index is 12.4. The standard InChI is InChI=1S/C18H25N3O2/c1-14(20-9-5-6-10-20)12-19-18(23)15-11-17(22)21(13-15)16-7-3-2-4-8-16/h2-4,7-8,14-15H,5-6,9-13H2,1H3,(H,19,23). The third-order valence-electron chi connectivity index (χ3n) is 4.90. The maximum absolute atomic E-state index is 12.4. The van der Waals surface area contributed by atoms with E-state index in [1.54, 1.807) is 4.90 Å². The topological polar surface area (TPSA) is 52.7 Å². The first-order valence-corrected chi connectivity index (χ1v) is 8.52. The average Bonchev–Trinajstić information content (AvgIpc) is 3.23. The second kappa shape index (κ2) is 7.13. The molecule has 5 heteroatoms. The summed E-state index contributed by atoms with van der Waals surface area (Å²) in [6, 6.07) is 9.93. The molecule has 3 rings (SSSR count). The Kier molecular flexibility index (Phi) is 4.96. The Hall–Kier alpha value is -1.88. The Labute approximate surface area is 137 Å². The van der Waals surface area contributed by atoms with Gasteiger partial charge >= 0.3 is 0 Å². The Morgan fingerprint density at radius 1 is 1.26 bits per heavy atom. The van der Waals surface area contributed by atoms with E-state index in [9.17, 15) is 9.59 Å². The van der Waals surface area contributed by atoms with Gasteiger partial charge in [0, 0.05) is 31.2 Å². The summed E-state index contributed by atoms with van der Waals surface area (Å²) in [4.78, 5) is 28.7. The molecular weight excluding hydrogens is 290 g/mol. The molecule has 0 saturated carbocycles. The number of para-hydroxylation sites is 1. The van der Waals surface area contributed by atoms with Crippen molar-refractivity contribution in [3.8, 4) is 0 Å². The number of hydrogen-bond donors (Lipinski definition) is 1. The van der Waals surface area contributed by atoms with Crippen molar-refractivity contribution in [2.75, 3.05) is 31.1 Å². The van der Waals surface area contributed by atoms with Crippen LogP contribution >= 0.6 is 0 Å². The summed E-state index contributed by atoms with van der Waals surface area (Å²) in [6.07, 6.45) is 2.81. The lowest BCUT2D eigenvalue weighted by Gasteiger charge is -2.24. The van der Waals surface area contributed by atoms with E-state index in [2.05, 4.69) is 17.1 Å². The summed E-state index contributed by atoms with van der Waals surface area (Å²) in [5, 5.41) is 3.03. The molecule has 2 aliphatic rings. The van der Waals surface area contributed by atoms with Crippen molar-refractivity contribution in [2.45, 2.75) is 32.2 Å². The van der Waals surface area contributed by atoms with Gasteiger partial charge < -0.3 is 10.2 Å². The number of anilines is 1. The summed E-state index contributed by atoms with van der Waals surface area (Å²) in [6.45, 7) is 5.55. The third kappa shape index (κ3) is 3.72. The number of amides is 2. The van der Waals surface area contributed by atoms with Crippen molar-refractivity contribution >= 4 is 17.5 Å². The van der Waals surface area contributed by atoms with Crippen LogP contribution in [0.3, 0.4) is 0 Å². The molecule has 0 spiro atoms. The fourth-order valence-corrected chi connectivity index (χ4v) is 3.44. The molecule has 1 aromatic carbocycles. The lowest BCUT2D eigenvalue weighted by Crippen LogP contribution is -2.43. The minimum atomic E-state index is -0.242. The molecule has 1 aromatic rings. The quantitative estimate of drug-likeness (QED) is 0.899. The second-order valence-corrected chi connectivity index (χ2v) is 6.58. The van der Waals surface area contributed by atoms with Crippen LogP contribution in [0.15, 0.2) is 30.3 Å².